The molecule has 1 aliphatic heterocycles. The lowest BCUT2D eigenvalue weighted by Crippen LogP contribution is -2.58. The topological polar surface area (TPSA) is 90.1 Å². The number of carbonyl (C=O) groups excluding carboxylic acids is 2. The first-order chi connectivity index (χ1) is 14.5. The molecule has 2 atom stereocenters. The maximum atomic E-state index is 12.7. The fourth-order valence-electron chi connectivity index (χ4n) is 3.97. The van der Waals surface area contributed by atoms with Gasteiger partial charge < -0.3 is 20.5 Å². The number of fused-ring (bicyclic) bond motifs is 2. The van der Waals surface area contributed by atoms with Crippen LogP contribution in [0.5, 0.6) is 0 Å². The van der Waals surface area contributed by atoms with Gasteiger partial charge in [-0.2, -0.15) is 0 Å². The van der Waals surface area contributed by atoms with Gasteiger partial charge in [0, 0.05) is 46.0 Å². The van der Waals surface area contributed by atoms with Crippen molar-refractivity contribution < 1.29 is 9.59 Å². The number of halogens is 1. The molecule has 7 nitrogen and oxygen atoms in total. The zero-order valence-electron chi connectivity index (χ0n) is 16.5. The van der Waals surface area contributed by atoms with Gasteiger partial charge in [0.15, 0.2) is 5.01 Å². The summed E-state index contributed by atoms with van der Waals surface area (Å²) >= 11 is 7.51. The fraction of sp³-hybridized carbons (Fsp3) is 0.381. The molecule has 0 spiro atoms. The quantitative estimate of drug-likeness (QED) is 0.578. The Morgan fingerprint density at radius 1 is 1.20 bits per heavy atom. The summed E-state index contributed by atoms with van der Waals surface area (Å²) in [5, 5.41) is 8.11. The molecule has 156 valence electrons. The Kier molecular flexibility index (Phi) is 5.00. The average molecular weight is 444 g/mol. The van der Waals surface area contributed by atoms with Gasteiger partial charge in [0.25, 0.3) is 11.8 Å². The second kappa shape index (κ2) is 7.68. The van der Waals surface area contributed by atoms with Gasteiger partial charge in [-0.15, -0.1) is 11.3 Å². The van der Waals surface area contributed by atoms with Crippen LogP contribution in [0.3, 0.4) is 0 Å². The number of likely N-dealkylation sites (N-methyl/N-ethyl adjacent to an activating group) is 1. The molecule has 2 aromatic heterocycles. The third-order valence-electron chi connectivity index (χ3n) is 5.85. The third-order valence-corrected chi connectivity index (χ3v) is 7.24. The summed E-state index contributed by atoms with van der Waals surface area (Å²) in [4.78, 5) is 36.4. The van der Waals surface area contributed by atoms with Crippen LogP contribution in [0.15, 0.2) is 24.3 Å². The Bertz CT molecular complexity index is 1140. The van der Waals surface area contributed by atoms with Crippen LogP contribution in [0.2, 0.25) is 5.02 Å². The van der Waals surface area contributed by atoms with E-state index in [9.17, 15) is 9.59 Å². The van der Waals surface area contributed by atoms with Crippen molar-refractivity contribution >= 4 is 45.7 Å². The third kappa shape index (κ3) is 3.71. The minimum atomic E-state index is -0.181. The lowest BCUT2D eigenvalue weighted by atomic mass is 9.86. The molecule has 0 saturated heterocycles. The van der Waals surface area contributed by atoms with Crippen molar-refractivity contribution in [1.82, 2.24) is 25.5 Å². The second-order valence-corrected chi connectivity index (χ2v) is 9.55. The van der Waals surface area contributed by atoms with Gasteiger partial charge in [-0.1, -0.05) is 11.6 Å². The zero-order chi connectivity index (χ0) is 20.8. The van der Waals surface area contributed by atoms with Crippen molar-refractivity contribution in [2.45, 2.75) is 37.9 Å². The first kappa shape index (κ1) is 19.5. The number of rotatable bonds is 4. The number of nitrogens with one attached hydrogen (secondary N) is 3. The van der Waals surface area contributed by atoms with Crippen molar-refractivity contribution in [1.29, 1.82) is 0 Å². The molecule has 0 unspecified atom stereocenters. The molecule has 30 heavy (non-hydrogen) atoms. The standard InChI is InChI=1S/C21H22ClN5O2S/c1-27-7-6-18-17(10-27)26-21(30-18)20(29)25-15-5-4-14(15)24-19(28)16-9-11-8-12(22)2-3-13(11)23-16/h2-3,8-9,14-15,23H,4-7,10H2,1H3,(H,24,28)(H,25,29)/t14-,15+/m1/s1. The van der Waals surface area contributed by atoms with E-state index >= 15 is 0 Å². The highest BCUT2D eigenvalue weighted by atomic mass is 35.5. The predicted molar refractivity (Wildman–Crippen MR) is 117 cm³/mol. The molecule has 1 fully saturated rings. The van der Waals surface area contributed by atoms with E-state index in [1.807, 2.05) is 12.1 Å². The summed E-state index contributed by atoms with van der Waals surface area (Å²) in [5.74, 6) is -0.333. The maximum Gasteiger partial charge on any atom is 0.280 e. The van der Waals surface area contributed by atoms with Gasteiger partial charge in [0.1, 0.15) is 5.69 Å². The lowest BCUT2D eigenvalue weighted by Gasteiger charge is -2.37. The van der Waals surface area contributed by atoms with Crippen LogP contribution in [0.25, 0.3) is 10.9 Å². The van der Waals surface area contributed by atoms with Crippen LogP contribution in [0.4, 0.5) is 0 Å². The summed E-state index contributed by atoms with van der Waals surface area (Å²) in [6.07, 6.45) is 2.61. The lowest BCUT2D eigenvalue weighted by molar-refractivity contribution is 0.0826. The highest BCUT2D eigenvalue weighted by Gasteiger charge is 2.34. The van der Waals surface area contributed by atoms with E-state index < -0.39 is 0 Å². The van der Waals surface area contributed by atoms with Crippen LogP contribution in [0.1, 0.15) is 43.7 Å². The first-order valence-electron chi connectivity index (χ1n) is 10.0. The van der Waals surface area contributed by atoms with Crippen LogP contribution < -0.4 is 10.6 Å². The molecule has 9 heteroatoms. The second-order valence-electron chi connectivity index (χ2n) is 8.03. The molecule has 0 radical (unpaired) electrons. The summed E-state index contributed by atoms with van der Waals surface area (Å²) in [7, 11) is 2.06. The predicted octanol–water partition coefficient (Wildman–Crippen LogP) is 2.96. The van der Waals surface area contributed by atoms with Gasteiger partial charge >= 0.3 is 0 Å². The smallest absolute Gasteiger partial charge is 0.280 e. The molecule has 2 aliphatic rings. The monoisotopic (exact) mass is 443 g/mol. The van der Waals surface area contributed by atoms with E-state index in [1.165, 1.54) is 16.2 Å². The minimum Gasteiger partial charge on any atom is -0.351 e. The highest BCUT2D eigenvalue weighted by molar-refractivity contribution is 7.13. The summed E-state index contributed by atoms with van der Waals surface area (Å²) in [5.41, 5.74) is 2.36. The van der Waals surface area contributed by atoms with E-state index in [0.717, 1.165) is 48.9 Å². The van der Waals surface area contributed by atoms with Gasteiger partial charge in [-0.05, 0) is 50.6 Å². The Morgan fingerprint density at radius 3 is 2.73 bits per heavy atom. The molecule has 3 aromatic rings. The first-order valence-corrected chi connectivity index (χ1v) is 11.2. The number of benzene rings is 1. The van der Waals surface area contributed by atoms with E-state index in [0.29, 0.717) is 15.7 Å². The van der Waals surface area contributed by atoms with Gasteiger partial charge in [0.2, 0.25) is 0 Å². The van der Waals surface area contributed by atoms with Gasteiger partial charge in [-0.3, -0.25) is 9.59 Å². The maximum absolute atomic E-state index is 12.7. The molecule has 1 aliphatic carbocycles. The van der Waals surface area contributed by atoms with Crippen LogP contribution in [-0.4, -0.2) is 52.4 Å². The van der Waals surface area contributed by atoms with E-state index in [1.54, 1.807) is 12.1 Å². The SMILES string of the molecule is CN1CCc2sc(C(=O)N[C@H]3CC[C@H]3NC(=O)c3cc4cc(Cl)ccc4[nH]3)nc2C1. The number of carbonyl (C=O) groups is 2. The number of aromatic amines is 1. The molecule has 1 saturated carbocycles. The number of nitrogens with zero attached hydrogens (tertiary/aromatic N) is 2. The number of thiazole rings is 1. The largest absolute Gasteiger partial charge is 0.351 e. The van der Waals surface area contributed by atoms with Gasteiger partial charge in [-0.25, -0.2) is 4.98 Å². The van der Waals surface area contributed by atoms with Crippen LogP contribution in [0, 0.1) is 0 Å². The van der Waals surface area contributed by atoms with Crippen molar-refractivity contribution in [2.24, 2.45) is 0 Å². The fourth-order valence-corrected chi connectivity index (χ4v) is 5.12. The average Bonchev–Trinajstić information content (AvgIpc) is 3.32. The molecular weight excluding hydrogens is 422 g/mol. The van der Waals surface area contributed by atoms with E-state index in [4.69, 9.17) is 11.6 Å². The highest BCUT2D eigenvalue weighted by Crippen LogP contribution is 2.26. The van der Waals surface area contributed by atoms with E-state index in [2.05, 4.69) is 32.5 Å². The van der Waals surface area contributed by atoms with Crippen molar-refractivity contribution in [3.05, 3.63) is 50.6 Å². The number of H-pyrrole nitrogens is 1. The summed E-state index contributed by atoms with van der Waals surface area (Å²) in [6, 6.07) is 7.09. The molecule has 3 heterocycles. The normalized spacial score (nSPS) is 21.1. The number of aromatic nitrogens is 2. The van der Waals surface area contributed by atoms with Gasteiger partial charge in [0.05, 0.1) is 5.69 Å². The number of hydrogen-bond donors (Lipinski definition) is 3. The van der Waals surface area contributed by atoms with Crippen molar-refractivity contribution in [3.8, 4) is 0 Å². The number of hydrogen-bond acceptors (Lipinski definition) is 5. The van der Waals surface area contributed by atoms with Crippen LogP contribution in [-0.2, 0) is 13.0 Å². The Morgan fingerprint density at radius 2 is 1.97 bits per heavy atom. The molecular formula is C21H22ClN5O2S. The molecule has 2 amide bonds. The minimum absolute atomic E-state index is 0.0797. The molecule has 1 aromatic carbocycles. The molecule has 0 bridgehead atoms. The summed E-state index contributed by atoms with van der Waals surface area (Å²) < 4.78 is 0. The van der Waals surface area contributed by atoms with Crippen molar-refractivity contribution in [3.63, 3.8) is 0 Å². The molecule has 5 rings (SSSR count). The zero-order valence-corrected chi connectivity index (χ0v) is 18.1. The Hall–Kier alpha value is -2.42. The Labute approximate surface area is 182 Å². The molecule has 3 N–H and O–H groups in total. The van der Waals surface area contributed by atoms with E-state index in [-0.39, 0.29) is 23.9 Å². The van der Waals surface area contributed by atoms with Crippen molar-refractivity contribution in [2.75, 3.05) is 13.6 Å². The Balaban J connectivity index is 1.22. The summed E-state index contributed by atoms with van der Waals surface area (Å²) in [6.45, 7) is 1.78. The van der Waals surface area contributed by atoms with Crippen LogP contribution >= 0.6 is 22.9 Å². The number of amides is 2.